The smallest absolute Gasteiger partial charge is 0.165 e. The summed E-state index contributed by atoms with van der Waals surface area (Å²) in [6, 6.07) is 5.66. The molecule has 3 aliphatic rings. The lowest BCUT2D eigenvalue weighted by Crippen LogP contribution is -2.41. The average Bonchev–Trinajstić information content (AvgIpc) is 3.26. The molecule has 4 rings (SSSR count). The fraction of sp³-hybridized carbons (Fsp3) is 0.548. The van der Waals surface area contributed by atoms with Crippen molar-refractivity contribution in [3.63, 3.8) is 0 Å². The van der Waals surface area contributed by atoms with Crippen molar-refractivity contribution in [3.8, 4) is 5.75 Å². The molecular weight excluding hydrogens is 493 g/mol. The minimum absolute atomic E-state index is 0.285. The number of benzene rings is 1. The molecule has 2 heterocycles. The van der Waals surface area contributed by atoms with Crippen molar-refractivity contribution in [1.82, 2.24) is 15.1 Å². The highest BCUT2D eigenvalue weighted by Gasteiger charge is 2.23. The molecule has 1 saturated heterocycles. The van der Waals surface area contributed by atoms with Crippen molar-refractivity contribution in [3.05, 3.63) is 76.2 Å². The van der Waals surface area contributed by atoms with Crippen LogP contribution >= 0.6 is 0 Å². The topological polar surface area (TPSA) is 61.7 Å². The standard InChI is InChI=1S/C29H40FN5O2.C2H6/c1-5-27-22-8-9-25(36-4)19-23(18-22)29(33-32-27)31-24-11-14-35(15-12-24)20-21-7-10-28(26(30)17-21)37-16-6-13-34(2)3;1-2/h7-10,17,19,24H,5-6,11-16,18,20H2,1-4H3,(H,31,33);1-2H3. The Kier molecular flexibility index (Phi) is 12.2. The number of ether oxygens (including phenoxy) is 2. The van der Waals surface area contributed by atoms with Gasteiger partial charge in [0.1, 0.15) is 5.76 Å². The van der Waals surface area contributed by atoms with Gasteiger partial charge < -0.3 is 19.7 Å². The van der Waals surface area contributed by atoms with E-state index in [1.807, 2.05) is 40.1 Å². The molecule has 0 aromatic heterocycles. The number of likely N-dealkylation sites (tertiary alicyclic amines) is 1. The van der Waals surface area contributed by atoms with Crippen LogP contribution in [-0.4, -0.2) is 63.3 Å². The van der Waals surface area contributed by atoms with Crippen LogP contribution in [0.15, 0.2) is 75.1 Å². The molecule has 2 bridgehead atoms. The van der Waals surface area contributed by atoms with E-state index in [1.54, 1.807) is 19.2 Å². The molecule has 39 heavy (non-hydrogen) atoms. The van der Waals surface area contributed by atoms with Crippen LogP contribution in [0.25, 0.3) is 0 Å². The van der Waals surface area contributed by atoms with Gasteiger partial charge in [-0.15, -0.1) is 5.11 Å². The van der Waals surface area contributed by atoms with E-state index in [4.69, 9.17) is 9.47 Å². The number of fused-ring (bicyclic) bond motifs is 2. The summed E-state index contributed by atoms with van der Waals surface area (Å²) in [5, 5.41) is 12.8. The van der Waals surface area contributed by atoms with Crippen LogP contribution in [0.4, 0.5) is 4.39 Å². The minimum Gasteiger partial charge on any atom is -0.497 e. The van der Waals surface area contributed by atoms with Gasteiger partial charge in [-0.25, -0.2) is 4.39 Å². The zero-order valence-electron chi connectivity index (χ0n) is 24.6. The van der Waals surface area contributed by atoms with Crippen LogP contribution in [0.3, 0.4) is 0 Å². The maximum absolute atomic E-state index is 14.6. The zero-order chi connectivity index (χ0) is 28.2. The minimum atomic E-state index is -0.285. The summed E-state index contributed by atoms with van der Waals surface area (Å²) in [7, 11) is 5.73. The summed E-state index contributed by atoms with van der Waals surface area (Å²) in [6.07, 6.45) is 10.6. The third-order valence-corrected chi connectivity index (χ3v) is 7.00. The van der Waals surface area contributed by atoms with Gasteiger partial charge in [-0.2, -0.15) is 5.11 Å². The van der Waals surface area contributed by atoms with Gasteiger partial charge in [-0.05, 0) is 75.2 Å². The van der Waals surface area contributed by atoms with Gasteiger partial charge in [0, 0.05) is 44.2 Å². The summed E-state index contributed by atoms with van der Waals surface area (Å²) in [6.45, 7) is 10.2. The van der Waals surface area contributed by atoms with Crippen LogP contribution in [0.1, 0.15) is 58.4 Å². The van der Waals surface area contributed by atoms with Crippen molar-refractivity contribution < 1.29 is 13.9 Å². The molecule has 214 valence electrons. The SMILES string of the molecule is CC.CCC1=C2C=CC(OC)=CC(=C(NC3CCN(Cc4ccc(OCCCN(C)C)c(F)c4)CC3)N=N1)C2. The van der Waals surface area contributed by atoms with E-state index in [0.717, 1.165) is 86.7 Å². The van der Waals surface area contributed by atoms with E-state index in [2.05, 4.69) is 44.4 Å². The van der Waals surface area contributed by atoms with Crippen LogP contribution in [-0.2, 0) is 11.3 Å². The van der Waals surface area contributed by atoms with Crippen LogP contribution < -0.4 is 10.1 Å². The number of piperidine rings is 1. The Morgan fingerprint density at radius 2 is 1.87 bits per heavy atom. The average molecular weight is 540 g/mol. The molecular formula is C31H46FN5O2. The third kappa shape index (κ3) is 9.04. The van der Waals surface area contributed by atoms with Gasteiger partial charge >= 0.3 is 0 Å². The molecule has 1 aromatic carbocycles. The Morgan fingerprint density at radius 1 is 1.10 bits per heavy atom. The summed E-state index contributed by atoms with van der Waals surface area (Å²) < 4.78 is 25.7. The van der Waals surface area contributed by atoms with E-state index in [1.165, 1.54) is 5.57 Å². The quantitative estimate of drug-likeness (QED) is 0.322. The molecule has 0 atom stereocenters. The maximum Gasteiger partial charge on any atom is 0.165 e. The van der Waals surface area contributed by atoms with E-state index < -0.39 is 0 Å². The largest absolute Gasteiger partial charge is 0.497 e. The lowest BCUT2D eigenvalue weighted by atomic mass is 10.0. The van der Waals surface area contributed by atoms with Gasteiger partial charge in [-0.1, -0.05) is 32.9 Å². The van der Waals surface area contributed by atoms with E-state index in [-0.39, 0.29) is 5.82 Å². The summed E-state index contributed by atoms with van der Waals surface area (Å²) in [5.74, 6) is 1.71. The molecule has 1 fully saturated rings. The fourth-order valence-electron chi connectivity index (χ4n) is 4.86. The molecule has 0 unspecified atom stereocenters. The van der Waals surface area contributed by atoms with Gasteiger partial charge in [0.05, 0.1) is 19.4 Å². The molecule has 1 N–H and O–H groups in total. The van der Waals surface area contributed by atoms with Crippen molar-refractivity contribution >= 4 is 0 Å². The Bertz CT molecular complexity index is 1100. The zero-order valence-corrected chi connectivity index (χ0v) is 24.6. The first-order chi connectivity index (χ1) is 18.9. The molecule has 0 radical (unpaired) electrons. The van der Waals surface area contributed by atoms with Crippen LogP contribution in [0.2, 0.25) is 0 Å². The van der Waals surface area contributed by atoms with E-state index in [0.29, 0.717) is 18.4 Å². The second-order valence-electron chi connectivity index (χ2n) is 10.1. The Labute approximate surface area is 234 Å². The first-order valence-electron chi connectivity index (χ1n) is 14.3. The van der Waals surface area contributed by atoms with Crippen molar-refractivity contribution in [1.29, 1.82) is 0 Å². The van der Waals surface area contributed by atoms with Gasteiger partial charge in [0.25, 0.3) is 0 Å². The predicted octanol–water partition coefficient (Wildman–Crippen LogP) is 6.57. The molecule has 1 aromatic rings. The third-order valence-electron chi connectivity index (χ3n) is 7.00. The van der Waals surface area contributed by atoms with Crippen molar-refractivity contribution in [2.45, 2.75) is 65.5 Å². The highest BCUT2D eigenvalue weighted by atomic mass is 19.1. The number of nitrogens with one attached hydrogen (secondary N) is 1. The molecule has 0 amide bonds. The molecule has 1 aliphatic carbocycles. The summed E-state index contributed by atoms with van der Waals surface area (Å²) >= 11 is 0. The van der Waals surface area contributed by atoms with Crippen LogP contribution in [0, 0.1) is 5.82 Å². The second kappa shape index (κ2) is 15.6. The number of halogens is 1. The number of hydrogen-bond acceptors (Lipinski definition) is 7. The fourth-order valence-corrected chi connectivity index (χ4v) is 4.86. The highest BCUT2D eigenvalue weighted by molar-refractivity contribution is 5.44. The molecule has 0 spiro atoms. The van der Waals surface area contributed by atoms with Crippen molar-refractivity contribution in [2.24, 2.45) is 10.2 Å². The lowest BCUT2D eigenvalue weighted by Gasteiger charge is -2.33. The second-order valence-corrected chi connectivity index (χ2v) is 10.1. The molecule has 0 saturated carbocycles. The first-order valence-corrected chi connectivity index (χ1v) is 14.3. The van der Waals surface area contributed by atoms with E-state index >= 15 is 0 Å². The predicted molar refractivity (Wildman–Crippen MR) is 156 cm³/mol. The summed E-state index contributed by atoms with van der Waals surface area (Å²) in [5.41, 5.74) is 4.28. The molecule has 8 heteroatoms. The number of rotatable bonds is 11. The Balaban J connectivity index is 0.00000205. The lowest BCUT2D eigenvalue weighted by molar-refractivity contribution is 0.194. The number of nitrogens with zero attached hydrogens (tertiary/aromatic N) is 4. The van der Waals surface area contributed by atoms with Gasteiger partial charge in [-0.3, -0.25) is 4.90 Å². The number of azo groups is 1. The maximum atomic E-state index is 14.6. The van der Waals surface area contributed by atoms with Gasteiger partial charge in [0.2, 0.25) is 0 Å². The highest BCUT2D eigenvalue weighted by Crippen LogP contribution is 2.31. The van der Waals surface area contributed by atoms with E-state index in [9.17, 15) is 4.39 Å². The van der Waals surface area contributed by atoms with Crippen molar-refractivity contribution in [2.75, 3.05) is 47.4 Å². The van der Waals surface area contributed by atoms with Crippen LogP contribution in [0.5, 0.6) is 5.75 Å². The van der Waals surface area contributed by atoms with Gasteiger partial charge in [0.15, 0.2) is 17.4 Å². The first kappa shape index (κ1) is 30.6. The summed E-state index contributed by atoms with van der Waals surface area (Å²) in [4.78, 5) is 4.47. The number of hydrogen-bond donors (Lipinski definition) is 1. The monoisotopic (exact) mass is 539 g/mol. The number of methoxy groups -OCH3 is 1. The normalized spacial score (nSPS) is 17.9. The Hall–Kier alpha value is -2.97. The Morgan fingerprint density at radius 3 is 2.54 bits per heavy atom. The molecule has 2 aliphatic heterocycles. The molecule has 7 nitrogen and oxygen atoms in total. The number of allylic oxidation sites excluding steroid dienone is 6.